The summed E-state index contributed by atoms with van der Waals surface area (Å²) in [5.74, 6) is 2.33. The van der Waals surface area contributed by atoms with Crippen molar-refractivity contribution in [1.82, 2.24) is 19.6 Å². The summed E-state index contributed by atoms with van der Waals surface area (Å²) in [5, 5.41) is 4.05. The number of amides is 1. The quantitative estimate of drug-likeness (QED) is 0.562. The lowest BCUT2D eigenvalue weighted by atomic mass is 9.98. The Balaban J connectivity index is 1.39. The van der Waals surface area contributed by atoms with Crippen molar-refractivity contribution in [3.63, 3.8) is 0 Å². The van der Waals surface area contributed by atoms with Crippen LogP contribution in [0.1, 0.15) is 58.9 Å². The maximum atomic E-state index is 13.2. The average Bonchev–Trinajstić information content (AvgIpc) is 3.40. The Morgan fingerprint density at radius 2 is 2.03 bits per heavy atom. The van der Waals surface area contributed by atoms with Gasteiger partial charge in [-0.2, -0.15) is 0 Å². The van der Waals surface area contributed by atoms with E-state index in [-0.39, 0.29) is 18.6 Å². The molecule has 1 aromatic carbocycles. The van der Waals surface area contributed by atoms with Gasteiger partial charge in [0, 0.05) is 37.6 Å². The van der Waals surface area contributed by atoms with E-state index in [9.17, 15) is 4.79 Å². The van der Waals surface area contributed by atoms with E-state index >= 15 is 0 Å². The van der Waals surface area contributed by atoms with E-state index in [2.05, 4.69) is 14.7 Å². The first-order valence-corrected chi connectivity index (χ1v) is 11.0. The van der Waals surface area contributed by atoms with Crippen molar-refractivity contribution in [2.45, 2.75) is 65.6 Å². The van der Waals surface area contributed by atoms with Crippen molar-refractivity contribution >= 4 is 5.91 Å². The normalized spacial score (nSPS) is 16.5. The maximum absolute atomic E-state index is 13.2. The van der Waals surface area contributed by atoms with E-state index in [1.165, 1.54) is 0 Å². The third kappa shape index (κ3) is 4.81. The van der Waals surface area contributed by atoms with Gasteiger partial charge in [-0.1, -0.05) is 23.4 Å². The molecule has 1 unspecified atom stereocenters. The van der Waals surface area contributed by atoms with Crippen LogP contribution < -0.4 is 4.74 Å². The molecule has 0 radical (unpaired) electrons. The number of ether oxygens (including phenoxy) is 1. The molecule has 1 aliphatic heterocycles. The summed E-state index contributed by atoms with van der Waals surface area (Å²) in [6.45, 7) is 7.89. The third-order valence-corrected chi connectivity index (χ3v) is 6.06. The van der Waals surface area contributed by atoms with Gasteiger partial charge >= 0.3 is 0 Å². The highest BCUT2D eigenvalue weighted by molar-refractivity contribution is 5.92. The summed E-state index contributed by atoms with van der Waals surface area (Å²) in [4.78, 5) is 19.4. The van der Waals surface area contributed by atoms with Crippen LogP contribution in [0.2, 0.25) is 0 Å². The molecule has 1 atom stereocenters. The third-order valence-electron chi connectivity index (χ3n) is 6.06. The van der Waals surface area contributed by atoms with E-state index in [1.807, 2.05) is 56.3 Å². The highest BCUT2D eigenvalue weighted by Crippen LogP contribution is 2.25. The minimum Gasteiger partial charge on any atom is -0.485 e. The Bertz CT molecular complexity index is 1020. The Morgan fingerprint density at radius 3 is 2.77 bits per heavy atom. The number of carbonyl (C=O) groups excluding carboxylic acids is 1. The molecule has 4 rings (SSSR count). The van der Waals surface area contributed by atoms with Crippen molar-refractivity contribution in [1.29, 1.82) is 0 Å². The molecule has 7 heteroatoms. The minimum absolute atomic E-state index is 0.0610. The Morgan fingerprint density at radius 1 is 1.23 bits per heavy atom. The van der Waals surface area contributed by atoms with Crippen LogP contribution >= 0.6 is 0 Å². The summed E-state index contributed by atoms with van der Waals surface area (Å²) >= 11 is 0. The number of imidazole rings is 1. The summed E-state index contributed by atoms with van der Waals surface area (Å²) in [5.41, 5.74) is 2.49. The number of nitrogens with zero attached hydrogens (tertiary/aromatic N) is 4. The number of para-hydroxylation sites is 1. The van der Waals surface area contributed by atoms with Gasteiger partial charge in [0.05, 0.1) is 0 Å². The van der Waals surface area contributed by atoms with Crippen LogP contribution in [0.15, 0.2) is 41.2 Å². The van der Waals surface area contributed by atoms with Crippen LogP contribution in [0.3, 0.4) is 0 Å². The molecule has 1 amide bonds. The lowest BCUT2D eigenvalue weighted by Gasteiger charge is -2.35. The van der Waals surface area contributed by atoms with Gasteiger partial charge in [0.15, 0.2) is 11.5 Å². The Labute approximate surface area is 183 Å². The van der Waals surface area contributed by atoms with Crippen LogP contribution in [0, 0.1) is 20.8 Å². The molecule has 164 valence electrons. The Kier molecular flexibility index (Phi) is 6.39. The first-order chi connectivity index (χ1) is 15.0. The monoisotopic (exact) mass is 422 g/mol. The van der Waals surface area contributed by atoms with Crippen molar-refractivity contribution in [2.75, 3.05) is 6.54 Å². The number of aromatic nitrogens is 3. The van der Waals surface area contributed by atoms with Crippen LogP contribution in [0.5, 0.6) is 5.75 Å². The highest BCUT2D eigenvalue weighted by atomic mass is 16.5. The number of carbonyl (C=O) groups is 1. The smallest absolute Gasteiger partial charge is 0.276 e. The van der Waals surface area contributed by atoms with Gasteiger partial charge in [0.25, 0.3) is 5.91 Å². The number of piperidine rings is 1. The minimum atomic E-state index is -0.0610. The lowest BCUT2D eigenvalue weighted by molar-refractivity contribution is 0.0584. The largest absolute Gasteiger partial charge is 0.485 e. The second-order valence-corrected chi connectivity index (χ2v) is 8.29. The molecule has 3 heterocycles. The fraction of sp³-hybridized carbons (Fsp3) is 0.458. The number of rotatable bonds is 7. The predicted octanol–water partition coefficient (Wildman–Crippen LogP) is 4.46. The van der Waals surface area contributed by atoms with E-state index < -0.39 is 0 Å². The lowest BCUT2D eigenvalue weighted by Crippen LogP contribution is -2.44. The molecular formula is C24H30N4O3. The van der Waals surface area contributed by atoms with Crippen molar-refractivity contribution < 1.29 is 14.1 Å². The molecule has 2 aromatic heterocycles. The zero-order valence-electron chi connectivity index (χ0n) is 18.5. The molecule has 1 aliphatic rings. The standard InChI is InChI=1S/C24H30N4O3/c1-17-7-6-8-18(2)23(17)30-16-21-15-22(26-31-21)24(29)28-12-5-4-9-20(28)10-13-27-14-11-25-19(27)3/h6-8,11,14-15,20H,4-5,9-10,12-13,16H2,1-3H3. The number of hydrogen-bond donors (Lipinski definition) is 0. The van der Waals surface area contributed by atoms with Gasteiger partial charge in [-0.3, -0.25) is 4.79 Å². The van der Waals surface area contributed by atoms with Crippen molar-refractivity contribution in [2.24, 2.45) is 0 Å². The Hall–Kier alpha value is -3.09. The zero-order valence-corrected chi connectivity index (χ0v) is 18.5. The summed E-state index contributed by atoms with van der Waals surface area (Å²) in [7, 11) is 0. The average molecular weight is 423 g/mol. The molecule has 0 spiro atoms. The van der Waals surface area contributed by atoms with Crippen molar-refractivity contribution in [3.05, 3.63) is 65.1 Å². The van der Waals surface area contributed by atoms with Crippen LogP contribution in [0.25, 0.3) is 0 Å². The molecular weight excluding hydrogens is 392 g/mol. The molecule has 0 N–H and O–H groups in total. The number of aryl methyl sites for hydroxylation is 4. The number of benzene rings is 1. The van der Waals surface area contributed by atoms with Crippen LogP contribution in [-0.4, -0.2) is 38.1 Å². The molecule has 0 aliphatic carbocycles. The van der Waals surface area contributed by atoms with E-state index in [4.69, 9.17) is 9.26 Å². The fourth-order valence-electron chi connectivity index (χ4n) is 4.30. The van der Waals surface area contributed by atoms with Crippen LogP contribution in [-0.2, 0) is 13.2 Å². The fourth-order valence-corrected chi connectivity index (χ4v) is 4.30. The van der Waals surface area contributed by atoms with Crippen LogP contribution in [0.4, 0.5) is 0 Å². The molecule has 31 heavy (non-hydrogen) atoms. The van der Waals surface area contributed by atoms with Gasteiger partial charge in [0.2, 0.25) is 0 Å². The van der Waals surface area contributed by atoms with E-state index in [1.54, 1.807) is 6.07 Å². The molecule has 3 aromatic rings. The predicted molar refractivity (Wildman–Crippen MR) is 117 cm³/mol. The van der Waals surface area contributed by atoms with Gasteiger partial charge in [-0.15, -0.1) is 0 Å². The molecule has 0 saturated carbocycles. The summed E-state index contributed by atoms with van der Waals surface area (Å²) in [6, 6.07) is 7.95. The highest BCUT2D eigenvalue weighted by Gasteiger charge is 2.29. The maximum Gasteiger partial charge on any atom is 0.276 e. The summed E-state index contributed by atoms with van der Waals surface area (Å²) < 4.78 is 13.5. The summed E-state index contributed by atoms with van der Waals surface area (Å²) in [6.07, 6.45) is 7.89. The SMILES string of the molecule is Cc1cccc(C)c1OCc1cc(C(=O)N2CCCCC2CCn2ccnc2C)no1. The molecule has 0 bridgehead atoms. The first-order valence-electron chi connectivity index (χ1n) is 11.0. The van der Waals surface area contributed by atoms with Gasteiger partial charge in [-0.25, -0.2) is 4.98 Å². The van der Waals surface area contributed by atoms with Gasteiger partial charge in [-0.05, 0) is 57.6 Å². The van der Waals surface area contributed by atoms with E-state index in [0.717, 1.165) is 61.5 Å². The van der Waals surface area contributed by atoms with Crippen molar-refractivity contribution in [3.8, 4) is 5.75 Å². The molecule has 1 saturated heterocycles. The molecule has 1 fully saturated rings. The second kappa shape index (κ2) is 9.37. The van der Waals surface area contributed by atoms with Gasteiger partial charge in [0.1, 0.15) is 18.2 Å². The first kappa shape index (κ1) is 21.2. The van der Waals surface area contributed by atoms with E-state index in [0.29, 0.717) is 11.5 Å². The second-order valence-electron chi connectivity index (χ2n) is 8.29. The molecule has 7 nitrogen and oxygen atoms in total. The topological polar surface area (TPSA) is 73.4 Å². The number of hydrogen-bond acceptors (Lipinski definition) is 5. The van der Waals surface area contributed by atoms with Gasteiger partial charge < -0.3 is 18.7 Å². The number of likely N-dealkylation sites (tertiary alicyclic amines) is 1. The zero-order chi connectivity index (χ0) is 21.8.